The molecule has 1 rings (SSSR count). The molecule has 8 heteroatoms. The van der Waals surface area contributed by atoms with Gasteiger partial charge in [-0.2, -0.15) is 0 Å². The molecule has 0 saturated heterocycles. The van der Waals surface area contributed by atoms with Gasteiger partial charge in [-0.1, -0.05) is 0 Å². The van der Waals surface area contributed by atoms with Gasteiger partial charge in [0.1, 0.15) is 6.54 Å². The Morgan fingerprint density at radius 1 is 1.62 bits per heavy atom. The number of nitrogens with one attached hydrogen (secondary N) is 2. The van der Waals surface area contributed by atoms with Crippen molar-refractivity contribution in [3.05, 3.63) is 21.5 Å². The molecule has 13 heavy (non-hydrogen) atoms. The quantitative estimate of drug-likeness (QED) is 0.373. The molecule has 8 nitrogen and oxygen atoms in total. The van der Waals surface area contributed by atoms with E-state index in [4.69, 9.17) is 5.11 Å². The Labute approximate surface area is 71.4 Å². The molecule has 0 aromatic heterocycles. The first-order valence-electron chi connectivity index (χ1n) is 3.18. The van der Waals surface area contributed by atoms with Gasteiger partial charge >= 0.3 is 12.0 Å². The van der Waals surface area contributed by atoms with E-state index in [2.05, 4.69) is 5.32 Å². The van der Waals surface area contributed by atoms with Crippen molar-refractivity contribution >= 4 is 12.0 Å². The summed E-state index contributed by atoms with van der Waals surface area (Å²) < 4.78 is 0. The molecule has 1 aliphatic rings. The highest BCUT2D eigenvalue weighted by Gasteiger charge is 2.30. The molecular formula is C5H5N3O5. The summed E-state index contributed by atoms with van der Waals surface area (Å²) in [6.45, 7) is -0.388. The molecule has 0 atom stereocenters. The van der Waals surface area contributed by atoms with Crippen LogP contribution in [0.3, 0.4) is 0 Å². The maximum Gasteiger partial charge on any atom is 0.359 e. The average Bonchev–Trinajstić information content (AvgIpc) is 2.03. The summed E-state index contributed by atoms with van der Waals surface area (Å²) in [7, 11) is 0. The van der Waals surface area contributed by atoms with Crippen molar-refractivity contribution in [1.29, 1.82) is 0 Å². The maximum absolute atomic E-state index is 10.6. The van der Waals surface area contributed by atoms with E-state index in [-0.39, 0.29) is 6.54 Å². The molecule has 0 bridgehead atoms. The van der Waals surface area contributed by atoms with Crippen LogP contribution in [0, 0.1) is 10.1 Å². The molecule has 0 spiro atoms. The molecule has 1 heterocycles. The summed E-state index contributed by atoms with van der Waals surface area (Å²) >= 11 is 0. The van der Waals surface area contributed by atoms with E-state index in [1.807, 2.05) is 5.32 Å². The minimum absolute atomic E-state index is 0.388. The first-order valence-corrected chi connectivity index (χ1v) is 3.18. The number of amides is 2. The molecule has 0 aliphatic carbocycles. The van der Waals surface area contributed by atoms with Crippen LogP contribution in [-0.4, -0.2) is 28.6 Å². The summed E-state index contributed by atoms with van der Waals surface area (Å²) in [5.74, 6) is -1.53. The van der Waals surface area contributed by atoms with Gasteiger partial charge in [0.15, 0.2) is 0 Å². The lowest BCUT2D eigenvalue weighted by atomic mass is 10.3. The monoisotopic (exact) mass is 187 g/mol. The highest BCUT2D eigenvalue weighted by molar-refractivity contribution is 5.93. The highest BCUT2D eigenvalue weighted by atomic mass is 16.6. The predicted octanol–water partition coefficient (Wildman–Crippen LogP) is -1.13. The van der Waals surface area contributed by atoms with Gasteiger partial charge in [-0.15, -0.1) is 0 Å². The number of hydrogen-bond acceptors (Lipinski definition) is 4. The third-order valence-corrected chi connectivity index (χ3v) is 1.38. The third kappa shape index (κ3) is 1.72. The van der Waals surface area contributed by atoms with E-state index in [0.29, 0.717) is 0 Å². The van der Waals surface area contributed by atoms with Gasteiger partial charge in [0, 0.05) is 0 Å². The summed E-state index contributed by atoms with van der Waals surface area (Å²) in [6, 6.07) is -0.761. The lowest BCUT2D eigenvalue weighted by Crippen LogP contribution is -2.45. The van der Waals surface area contributed by atoms with Crippen molar-refractivity contribution in [3.63, 3.8) is 0 Å². The van der Waals surface area contributed by atoms with Crippen LogP contribution in [0.4, 0.5) is 4.79 Å². The molecule has 0 saturated carbocycles. The van der Waals surface area contributed by atoms with Crippen molar-refractivity contribution < 1.29 is 19.6 Å². The summed E-state index contributed by atoms with van der Waals surface area (Å²) in [5, 5.41) is 22.7. The molecule has 0 fully saturated rings. The van der Waals surface area contributed by atoms with Gasteiger partial charge in [0.2, 0.25) is 5.70 Å². The Hall–Kier alpha value is -2.12. The number of carbonyl (C=O) groups excluding carboxylic acids is 1. The number of rotatable bonds is 2. The van der Waals surface area contributed by atoms with Crippen LogP contribution in [0.25, 0.3) is 0 Å². The zero-order valence-corrected chi connectivity index (χ0v) is 6.23. The van der Waals surface area contributed by atoms with Crippen molar-refractivity contribution in [3.8, 4) is 0 Å². The van der Waals surface area contributed by atoms with Crippen molar-refractivity contribution in [2.75, 3.05) is 6.54 Å². The zero-order valence-electron chi connectivity index (χ0n) is 6.23. The second-order valence-electron chi connectivity index (χ2n) is 2.19. The number of urea groups is 1. The van der Waals surface area contributed by atoms with Crippen molar-refractivity contribution in [2.24, 2.45) is 0 Å². The van der Waals surface area contributed by atoms with Crippen LogP contribution in [0.5, 0.6) is 0 Å². The Balaban J connectivity index is 3.07. The highest BCUT2D eigenvalue weighted by Crippen LogP contribution is 2.05. The van der Waals surface area contributed by atoms with Crippen molar-refractivity contribution in [1.82, 2.24) is 10.6 Å². The predicted molar refractivity (Wildman–Crippen MR) is 38.2 cm³/mol. The Morgan fingerprint density at radius 2 is 2.23 bits per heavy atom. The molecule has 1 aliphatic heterocycles. The standard InChI is InChI=1S/C5H5N3O5/c9-4(10)3-2(8(12)13)1-6-5(11)7-3/h1H2,(H,9,10)(H2,6,7,11). The molecule has 3 N–H and O–H groups in total. The van der Waals surface area contributed by atoms with Crippen LogP contribution in [0.15, 0.2) is 11.4 Å². The topological polar surface area (TPSA) is 122 Å². The molecular weight excluding hydrogens is 182 g/mol. The fourth-order valence-corrected chi connectivity index (χ4v) is 0.815. The molecule has 0 aromatic rings. The van der Waals surface area contributed by atoms with E-state index < -0.39 is 28.3 Å². The molecule has 0 unspecified atom stereocenters. The number of carbonyl (C=O) groups is 2. The molecule has 0 aromatic carbocycles. The summed E-state index contributed by atoms with van der Waals surface area (Å²) in [4.78, 5) is 30.4. The largest absolute Gasteiger partial charge is 0.476 e. The summed E-state index contributed by atoms with van der Waals surface area (Å²) in [5.41, 5.74) is -1.25. The number of carboxylic acid groups (broad SMARTS) is 1. The second-order valence-corrected chi connectivity index (χ2v) is 2.19. The smallest absolute Gasteiger partial charge is 0.359 e. The van der Waals surface area contributed by atoms with Gasteiger partial charge in [-0.05, 0) is 0 Å². The fourth-order valence-electron chi connectivity index (χ4n) is 0.815. The van der Waals surface area contributed by atoms with Gasteiger partial charge in [-0.3, -0.25) is 15.4 Å². The Bertz CT molecular complexity index is 320. The normalized spacial score (nSPS) is 16.2. The molecule has 0 radical (unpaired) electrons. The molecule has 70 valence electrons. The second kappa shape index (κ2) is 3.09. The maximum atomic E-state index is 10.6. The Morgan fingerprint density at radius 3 is 2.69 bits per heavy atom. The van der Waals surface area contributed by atoms with E-state index >= 15 is 0 Å². The van der Waals surface area contributed by atoms with Gasteiger partial charge in [0.05, 0.1) is 4.92 Å². The van der Waals surface area contributed by atoms with Crippen LogP contribution in [-0.2, 0) is 4.79 Å². The zero-order chi connectivity index (χ0) is 10.0. The van der Waals surface area contributed by atoms with E-state index in [9.17, 15) is 19.7 Å². The van der Waals surface area contributed by atoms with E-state index in [0.717, 1.165) is 0 Å². The number of carboxylic acids is 1. The number of nitro groups is 1. The lowest BCUT2D eigenvalue weighted by Gasteiger charge is -2.13. The van der Waals surface area contributed by atoms with Gasteiger partial charge in [-0.25, -0.2) is 9.59 Å². The number of aliphatic carboxylic acids is 1. The number of hydrogen-bond donors (Lipinski definition) is 3. The first-order chi connectivity index (χ1) is 6.02. The first kappa shape index (κ1) is 8.97. The lowest BCUT2D eigenvalue weighted by molar-refractivity contribution is -0.427. The van der Waals surface area contributed by atoms with Crippen LogP contribution < -0.4 is 10.6 Å². The SMILES string of the molecule is O=C1NCC([N+](=O)[O-])=C(C(=O)O)N1. The van der Waals surface area contributed by atoms with E-state index in [1.54, 1.807) is 0 Å². The van der Waals surface area contributed by atoms with Crippen molar-refractivity contribution in [2.45, 2.75) is 0 Å². The van der Waals surface area contributed by atoms with Crippen LogP contribution >= 0.6 is 0 Å². The van der Waals surface area contributed by atoms with Crippen LogP contribution in [0.2, 0.25) is 0 Å². The fraction of sp³-hybridized carbons (Fsp3) is 0.200. The van der Waals surface area contributed by atoms with Gasteiger partial charge < -0.3 is 10.4 Å². The number of nitrogens with zero attached hydrogens (tertiary/aromatic N) is 1. The van der Waals surface area contributed by atoms with Gasteiger partial charge in [0.25, 0.3) is 5.70 Å². The minimum atomic E-state index is -1.53. The Kier molecular flexibility index (Phi) is 2.13. The van der Waals surface area contributed by atoms with Crippen LogP contribution in [0.1, 0.15) is 0 Å². The molecule has 2 amide bonds. The summed E-state index contributed by atoms with van der Waals surface area (Å²) in [6.07, 6.45) is 0. The van der Waals surface area contributed by atoms with E-state index in [1.165, 1.54) is 0 Å². The minimum Gasteiger partial charge on any atom is -0.476 e. The average molecular weight is 187 g/mol. The third-order valence-electron chi connectivity index (χ3n) is 1.38.